The lowest BCUT2D eigenvalue weighted by Crippen LogP contribution is -2.75. The molecular formula is C9H14F4N2. The predicted molar refractivity (Wildman–Crippen MR) is 46.7 cm³/mol. The summed E-state index contributed by atoms with van der Waals surface area (Å²) in [5.74, 6) is -9.59. The maximum Gasteiger partial charge on any atom is 0.317 e. The van der Waals surface area contributed by atoms with E-state index >= 15 is 0 Å². The number of hydrogen-bond donors (Lipinski definition) is 2. The molecule has 2 nitrogen and oxygen atoms in total. The molecule has 0 aromatic rings. The number of hydrogen-bond acceptors (Lipinski definition) is 2. The Morgan fingerprint density at radius 3 is 2.20 bits per heavy atom. The van der Waals surface area contributed by atoms with Gasteiger partial charge < -0.3 is 11.5 Å². The molecule has 15 heavy (non-hydrogen) atoms. The second-order valence-corrected chi connectivity index (χ2v) is 4.93. The largest absolute Gasteiger partial charge is 0.327 e. The normalized spacial score (nSPS) is 51.8. The van der Waals surface area contributed by atoms with Crippen molar-refractivity contribution in [3.05, 3.63) is 0 Å². The fraction of sp³-hybridized carbons (Fsp3) is 1.00. The highest BCUT2D eigenvalue weighted by atomic mass is 19.3. The van der Waals surface area contributed by atoms with Crippen LogP contribution in [0.5, 0.6) is 0 Å². The fourth-order valence-electron chi connectivity index (χ4n) is 2.88. The lowest BCUT2D eigenvalue weighted by Gasteiger charge is -2.59. The van der Waals surface area contributed by atoms with E-state index in [4.69, 9.17) is 11.5 Å². The molecule has 4 atom stereocenters. The monoisotopic (exact) mass is 226 g/mol. The molecule has 0 amide bonds. The Morgan fingerprint density at radius 2 is 1.67 bits per heavy atom. The summed E-state index contributed by atoms with van der Waals surface area (Å²) in [4.78, 5) is 0. The molecule has 3 aliphatic rings. The maximum atomic E-state index is 13.6. The standard InChI is InChI=1S/C9H14F4N2/c1-7-3-5(14)4(2-6(7)15)8(10,11)9(7,12)13/h4-6H,2-3,14-15H2,1H3. The van der Waals surface area contributed by atoms with Gasteiger partial charge in [0.25, 0.3) is 0 Å². The molecule has 3 aliphatic carbocycles. The number of fused-ring (bicyclic) bond motifs is 3. The summed E-state index contributed by atoms with van der Waals surface area (Å²) >= 11 is 0. The molecule has 3 fully saturated rings. The first kappa shape index (κ1) is 11.1. The molecule has 0 heterocycles. The Morgan fingerprint density at radius 1 is 1.13 bits per heavy atom. The topological polar surface area (TPSA) is 52.0 Å². The van der Waals surface area contributed by atoms with E-state index in [0.29, 0.717) is 0 Å². The molecule has 2 bridgehead atoms. The van der Waals surface area contributed by atoms with Crippen molar-refractivity contribution < 1.29 is 17.6 Å². The van der Waals surface area contributed by atoms with Gasteiger partial charge in [0.2, 0.25) is 0 Å². The minimum Gasteiger partial charge on any atom is -0.327 e. The molecule has 4 unspecified atom stereocenters. The summed E-state index contributed by atoms with van der Waals surface area (Å²) in [5.41, 5.74) is 9.16. The van der Waals surface area contributed by atoms with Gasteiger partial charge in [0.1, 0.15) is 0 Å². The minimum atomic E-state index is -4.06. The Labute approximate surface area is 85.0 Å². The Bertz CT molecular complexity index is 294. The fourth-order valence-corrected chi connectivity index (χ4v) is 2.88. The van der Waals surface area contributed by atoms with Gasteiger partial charge in [-0.3, -0.25) is 0 Å². The highest BCUT2D eigenvalue weighted by Crippen LogP contribution is 2.64. The van der Waals surface area contributed by atoms with E-state index in [0.717, 1.165) is 6.92 Å². The number of halogens is 4. The van der Waals surface area contributed by atoms with Crippen LogP contribution in [-0.2, 0) is 0 Å². The average Bonchev–Trinajstić information content (AvgIpc) is 2.08. The van der Waals surface area contributed by atoms with Gasteiger partial charge in [-0.1, -0.05) is 6.92 Å². The van der Waals surface area contributed by atoms with Gasteiger partial charge in [-0.25, -0.2) is 0 Å². The lowest BCUT2D eigenvalue weighted by atomic mass is 9.53. The lowest BCUT2D eigenvalue weighted by molar-refractivity contribution is -0.339. The maximum absolute atomic E-state index is 13.6. The van der Waals surface area contributed by atoms with Crippen molar-refractivity contribution in [3.63, 3.8) is 0 Å². The Kier molecular flexibility index (Phi) is 1.97. The second-order valence-electron chi connectivity index (χ2n) is 4.93. The van der Waals surface area contributed by atoms with E-state index in [-0.39, 0.29) is 12.8 Å². The van der Waals surface area contributed by atoms with Crippen molar-refractivity contribution in [2.75, 3.05) is 0 Å². The van der Waals surface area contributed by atoms with Crippen molar-refractivity contribution in [1.82, 2.24) is 0 Å². The number of rotatable bonds is 0. The second kappa shape index (κ2) is 2.66. The summed E-state index contributed by atoms with van der Waals surface area (Å²) in [5, 5.41) is 0. The predicted octanol–water partition coefficient (Wildman–Crippen LogP) is 1.34. The van der Waals surface area contributed by atoms with Gasteiger partial charge in [0.05, 0.1) is 5.41 Å². The van der Waals surface area contributed by atoms with Crippen LogP contribution in [0.2, 0.25) is 0 Å². The van der Waals surface area contributed by atoms with Crippen LogP contribution in [0, 0.1) is 11.3 Å². The number of nitrogens with two attached hydrogens (primary N) is 2. The van der Waals surface area contributed by atoms with Crippen molar-refractivity contribution >= 4 is 0 Å². The minimum absolute atomic E-state index is 0.125. The molecule has 4 N–H and O–H groups in total. The molecule has 0 aliphatic heterocycles. The first-order valence-electron chi connectivity index (χ1n) is 4.91. The summed E-state index contributed by atoms with van der Waals surface area (Å²) in [6.07, 6.45) is -0.262. The molecule has 0 saturated heterocycles. The van der Waals surface area contributed by atoms with Gasteiger partial charge in [-0.15, -0.1) is 0 Å². The van der Waals surface area contributed by atoms with Crippen molar-refractivity contribution in [2.45, 2.75) is 43.7 Å². The third kappa shape index (κ3) is 1.02. The summed E-state index contributed by atoms with van der Waals surface area (Å²) in [6, 6.07) is -1.79. The van der Waals surface area contributed by atoms with E-state index in [1.54, 1.807) is 0 Å². The van der Waals surface area contributed by atoms with Gasteiger partial charge >= 0.3 is 11.8 Å². The number of alkyl halides is 4. The van der Waals surface area contributed by atoms with Crippen LogP contribution in [0.1, 0.15) is 19.8 Å². The van der Waals surface area contributed by atoms with Gasteiger partial charge in [-0.05, 0) is 12.8 Å². The molecule has 6 heteroatoms. The van der Waals surface area contributed by atoms with E-state index in [2.05, 4.69) is 0 Å². The molecule has 3 rings (SSSR count). The van der Waals surface area contributed by atoms with Gasteiger partial charge in [-0.2, -0.15) is 17.6 Å². The van der Waals surface area contributed by atoms with Crippen LogP contribution in [-0.4, -0.2) is 23.9 Å². The molecule has 88 valence electrons. The highest BCUT2D eigenvalue weighted by Gasteiger charge is 2.78. The van der Waals surface area contributed by atoms with Gasteiger partial charge in [0, 0.05) is 18.0 Å². The third-order valence-electron chi connectivity index (χ3n) is 4.10. The molecule has 0 aromatic carbocycles. The van der Waals surface area contributed by atoms with E-state index in [1.165, 1.54) is 0 Å². The molecule has 0 spiro atoms. The molecule has 3 saturated carbocycles. The van der Waals surface area contributed by atoms with Crippen LogP contribution >= 0.6 is 0 Å². The third-order valence-corrected chi connectivity index (χ3v) is 4.10. The van der Waals surface area contributed by atoms with E-state index in [9.17, 15) is 17.6 Å². The van der Waals surface area contributed by atoms with E-state index in [1.807, 2.05) is 0 Å². The SMILES string of the molecule is CC12CC(N)C(CC1N)C(F)(F)C2(F)F. The van der Waals surface area contributed by atoms with Crippen LogP contribution in [0.25, 0.3) is 0 Å². The van der Waals surface area contributed by atoms with Crippen molar-refractivity contribution in [2.24, 2.45) is 22.8 Å². The van der Waals surface area contributed by atoms with Crippen LogP contribution in [0.15, 0.2) is 0 Å². The summed E-state index contributed by atoms with van der Waals surface area (Å²) in [6.45, 7) is 1.11. The van der Waals surface area contributed by atoms with Crippen molar-refractivity contribution in [3.8, 4) is 0 Å². The molecule has 0 radical (unpaired) electrons. The zero-order chi connectivity index (χ0) is 11.6. The summed E-state index contributed by atoms with van der Waals surface area (Å²) < 4.78 is 54.1. The van der Waals surface area contributed by atoms with Crippen LogP contribution in [0.3, 0.4) is 0 Å². The van der Waals surface area contributed by atoms with Crippen LogP contribution < -0.4 is 11.5 Å². The smallest absolute Gasteiger partial charge is 0.317 e. The quantitative estimate of drug-likeness (QED) is 0.612. The first-order chi connectivity index (χ1) is 6.64. The van der Waals surface area contributed by atoms with Crippen molar-refractivity contribution in [1.29, 1.82) is 0 Å². The van der Waals surface area contributed by atoms with Gasteiger partial charge in [0.15, 0.2) is 0 Å². The summed E-state index contributed by atoms with van der Waals surface area (Å²) in [7, 11) is 0. The molecule has 0 aromatic heterocycles. The Balaban J connectivity index is 2.52. The Hall–Kier alpha value is -0.360. The molecular weight excluding hydrogens is 212 g/mol. The highest BCUT2D eigenvalue weighted by molar-refractivity contribution is 5.18. The van der Waals surface area contributed by atoms with Crippen LogP contribution in [0.4, 0.5) is 17.6 Å². The average molecular weight is 226 g/mol. The zero-order valence-electron chi connectivity index (χ0n) is 8.31. The van der Waals surface area contributed by atoms with E-state index < -0.39 is 35.3 Å². The zero-order valence-corrected chi connectivity index (χ0v) is 8.31. The first-order valence-corrected chi connectivity index (χ1v) is 4.91.